The summed E-state index contributed by atoms with van der Waals surface area (Å²) >= 11 is 0. The highest BCUT2D eigenvalue weighted by Gasteiger charge is 2.11. The van der Waals surface area contributed by atoms with Crippen molar-refractivity contribution in [2.75, 3.05) is 0 Å². The summed E-state index contributed by atoms with van der Waals surface area (Å²) in [5.74, 6) is -0.253. The normalized spacial score (nSPS) is 12.4. The molecule has 0 saturated heterocycles. The molecule has 0 aromatic heterocycles. The van der Waals surface area contributed by atoms with Gasteiger partial charge in [0.2, 0.25) is 0 Å². The molecule has 0 aliphatic heterocycles. The van der Waals surface area contributed by atoms with Gasteiger partial charge in [0.15, 0.2) is 0 Å². The van der Waals surface area contributed by atoms with Crippen molar-refractivity contribution in [3.05, 3.63) is 48.0 Å². The minimum absolute atomic E-state index is 0.0967. The average molecular weight is 232 g/mol. The Morgan fingerprint density at radius 3 is 2.35 bits per heavy atom. The molecule has 0 aliphatic rings. The Bertz CT molecular complexity index is 376. The molecule has 0 saturated carbocycles. The number of carbonyl (C=O) groups is 1. The molecule has 0 radical (unpaired) electrons. The van der Waals surface area contributed by atoms with Gasteiger partial charge in [-0.2, -0.15) is 0 Å². The summed E-state index contributed by atoms with van der Waals surface area (Å²) in [6, 6.07) is 8.17. The van der Waals surface area contributed by atoms with Crippen LogP contribution in [0.25, 0.3) is 0 Å². The van der Waals surface area contributed by atoms with Crippen LogP contribution in [0.5, 0.6) is 0 Å². The second-order valence-corrected chi connectivity index (χ2v) is 4.78. The second kappa shape index (κ2) is 6.24. The van der Waals surface area contributed by atoms with E-state index in [4.69, 9.17) is 5.11 Å². The molecule has 1 aromatic rings. The quantitative estimate of drug-likeness (QED) is 0.760. The van der Waals surface area contributed by atoms with Gasteiger partial charge in [0.05, 0.1) is 6.42 Å². The zero-order valence-corrected chi connectivity index (χ0v) is 10.5. The van der Waals surface area contributed by atoms with E-state index in [1.165, 1.54) is 5.56 Å². The first-order valence-electron chi connectivity index (χ1n) is 5.96. The van der Waals surface area contributed by atoms with Gasteiger partial charge < -0.3 is 5.11 Å². The second-order valence-electron chi connectivity index (χ2n) is 4.78. The number of hydrogen-bond donors (Lipinski definition) is 1. The van der Waals surface area contributed by atoms with Crippen LogP contribution in [0.3, 0.4) is 0 Å². The zero-order valence-electron chi connectivity index (χ0n) is 10.5. The average Bonchev–Trinajstić information content (AvgIpc) is 2.26. The third-order valence-corrected chi connectivity index (χ3v) is 2.73. The Morgan fingerprint density at radius 2 is 1.94 bits per heavy atom. The van der Waals surface area contributed by atoms with Crippen molar-refractivity contribution < 1.29 is 9.90 Å². The van der Waals surface area contributed by atoms with E-state index in [0.29, 0.717) is 5.92 Å². The molecule has 0 aliphatic carbocycles. The summed E-state index contributed by atoms with van der Waals surface area (Å²) in [4.78, 5) is 10.7. The molecule has 1 N–H and O–H groups in total. The molecule has 2 heteroatoms. The highest BCUT2D eigenvalue weighted by Crippen LogP contribution is 2.21. The molecule has 1 atom stereocenters. The maximum absolute atomic E-state index is 10.7. The van der Waals surface area contributed by atoms with E-state index < -0.39 is 5.97 Å². The van der Waals surface area contributed by atoms with Crippen LogP contribution in [0, 0.1) is 5.92 Å². The molecular weight excluding hydrogens is 212 g/mol. The fraction of sp³-hybridized carbons (Fsp3) is 0.400. The van der Waals surface area contributed by atoms with E-state index in [0.717, 1.165) is 12.0 Å². The molecule has 0 amide bonds. The number of hydrogen-bond acceptors (Lipinski definition) is 1. The lowest BCUT2D eigenvalue weighted by Crippen LogP contribution is -2.04. The monoisotopic (exact) mass is 232 g/mol. The molecule has 1 unspecified atom stereocenters. The maximum Gasteiger partial charge on any atom is 0.304 e. The zero-order chi connectivity index (χ0) is 12.8. The van der Waals surface area contributed by atoms with Gasteiger partial charge in [0, 0.05) is 5.92 Å². The predicted molar refractivity (Wildman–Crippen MR) is 70.2 cm³/mol. The van der Waals surface area contributed by atoms with Crippen molar-refractivity contribution in [3.8, 4) is 0 Å². The summed E-state index contributed by atoms with van der Waals surface area (Å²) in [6.45, 7) is 8.07. The van der Waals surface area contributed by atoms with E-state index in [9.17, 15) is 4.79 Å². The lowest BCUT2D eigenvalue weighted by molar-refractivity contribution is -0.137. The Morgan fingerprint density at radius 1 is 1.35 bits per heavy atom. The van der Waals surface area contributed by atoms with Crippen molar-refractivity contribution in [2.45, 2.75) is 32.6 Å². The Kier molecular flexibility index (Phi) is 4.95. The number of allylic oxidation sites excluding steroid dienone is 1. The van der Waals surface area contributed by atoms with Gasteiger partial charge in [-0.3, -0.25) is 4.79 Å². The number of carboxylic acids is 1. The molecule has 92 valence electrons. The SMILES string of the molecule is C=CC(CC(=O)O)c1ccc(CC(C)C)cc1. The molecule has 17 heavy (non-hydrogen) atoms. The summed E-state index contributed by atoms with van der Waals surface area (Å²) < 4.78 is 0. The molecule has 0 spiro atoms. The van der Waals surface area contributed by atoms with Gasteiger partial charge in [-0.05, 0) is 23.5 Å². The predicted octanol–water partition coefficient (Wildman–Crippen LogP) is 3.63. The van der Waals surface area contributed by atoms with E-state index in [2.05, 4.69) is 32.6 Å². The topological polar surface area (TPSA) is 37.3 Å². The first kappa shape index (κ1) is 13.5. The largest absolute Gasteiger partial charge is 0.481 e. The molecule has 0 heterocycles. The van der Waals surface area contributed by atoms with Crippen LogP contribution in [0.4, 0.5) is 0 Å². The van der Waals surface area contributed by atoms with Crippen LogP contribution in [-0.4, -0.2) is 11.1 Å². The Balaban J connectivity index is 2.77. The number of benzene rings is 1. The summed E-state index contributed by atoms with van der Waals surface area (Å²) in [5, 5.41) is 8.80. The minimum Gasteiger partial charge on any atom is -0.481 e. The smallest absolute Gasteiger partial charge is 0.304 e. The molecule has 1 rings (SSSR count). The van der Waals surface area contributed by atoms with Crippen LogP contribution >= 0.6 is 0 Å². The van der Waals surface area contributed by atoms with Crippen LogP contribution in [0.2, 0.25) is 0 Å². The first-order chi connectivity index (χ1) is 8.02. The van der Waals surface area contributed by atoms with Crippen LogP contribution in [-0.2, 0) is 11.2 Å². The summed E-state index contributed by atoms with van der Waals surface area (Å²) in [7, 11) is 0. The number of rotatable bonds is 6. The Hall–Kier alpha value is -1.57. The minimum atomic E-state index is -0.791. The lowest BCUT2D eigenvalue weighted by atomic mass is 9.93. The standard InChI is InChI=1S/C15H20O2/c1-4-13(10-15(16)17)14-7-5-12(6-8-14)9-11(2)3/h4-8,11,13H,1,9-10H2,2-3H3,(H,16,17). The van der Waals surface area contributed by atoms with Gasteiger partial charge in [0.1, 0.15) is 0 Å². The van der Waals surface area contributed by atoms with E-state index in [1.807, 2.05) is 12.1 Å². The van der Waals surface area contributed by atoms with Crippen LogP contribution in [0.15, 0.2) is 36.9 Å². The molecule has 1 aromatic carbocycles. The van der Waals surface area contributed by atoms with Crippen molar-refractivity contribution >= 4 is 5.97 Å². The van der Waals surface area contributed by atoms with Crippen molar-refractivity contribution in [3.63, 3.8) is 0 Å². The van der Waals surface area contributed by atoms with Crippen LogP contribution < -0.4 is 0 Å². The molecular formula is C15H20O2. The number of carboxylic acid groups (broad SMARTS) is 1. The number of aliphatic carboxylic acids is 1. The van der Waals surface area contributed by atoms with Crippen LogP contribution in [0.1, 0.15) is 37.3 Å². The summed E-state index contributed by atoms with van der Waals surface area (Å²) in [5.41, 5.74) is 2.32. The van der Waals surface area contributed by atoms with Crippen molar-refractivity contribution in [1.82, 2.24) is 0 Å². The van der Waals surface area contributed by atoms with Gasteiger partial charge in [-0.1, -0.05) is 44.2 Å². The molecule has 0 fully saturated rings. The first-order valence-corrected chi connectivity index (χ1v) is 5.96. The molecule has 2 nitrogen and oxygen atoms in total. The highest BCUT2D eigenvalue weighted by molar-refractivity contribution is 5.68. The van der Waals surface area contributed by atoms with Crippen molar-refractivity contribution in [2.24, 2.45) is 5.92 Å². The van der Waals surface area contributed by atoms with Gasteiger partial charge in [0.25, 0.3) is 0 Å². The molecule has 0 bridgehead atoms. The van der Waals surface area contributed by atoms with Gasteiger partial charge in [-0.15, -0.1) is 6.58 Å². The highest BCUT2D eigenvalue weighted by atomic mass is 16.4. The van der Waals surface area contributed by atoms with E-state index >= 15 is 0 Å². The van der Waals surface area contributed by atoms with E-state index in [-0.39, 0.29) is 12.3 Å². The van der Waals surface area contributed by atoms with Crippen molar-refractivity contribution in [1.29, 1.82) is 0 Å². The Labute approximate surface area is 103 Å². The van der Waals surface area contributed by atoms with E-state index in [1.54, 1.807) is 6.08 Å². The third-order valence-electron chi connectivity index (χ3n) is 2.73. The maximum atomic E-state index is 10.7. The van der Waals surface area contributed by atoms with Gasteiger partial charge >= 0.3 is 5.97 Å². The fourth-order valence-corrected chi connectivity index (χ4v) is 1.90. The third kappa shape index (κ3) is 4.43. The summed E-state index contributed by atoms with van der Waals surface area (Å²) in [6.07, 6.45) is 2.86. The fourth-order valence-electron chi connectivity index (χ4n) is 1.90. The lowest BCUT2D eigenvalue weighted by Gasteiger charge is -2.11. The van der Waals surface area contributed by atoms with Gasteiger partial charge in [-0.25, -0.2) is 0 Å².